The van der Waals surface area contributed by atoms with E-state index in [9.17, 15) is 9.90 Å². The monoisotopic (exact) mass is 234 g/mol. The van der Waals surface area contributed by atoms with Gasteiger partial charge in [0.2, 0.25) is 0 Å². The molecule has 92 valence electrons. The molecular weight excluding hydrogens is 216 g/mol. The zero-order valence-electron chi connectivity index (χ0n) is 10.1. The van der Waals surface area contributed by atoms with Gasteiger partial charge in [-0.15, -0.1) is 0 Å². The maximum Gasteiger partial charge on any atom is 0.257 e. The Kier molecular flexibility index (Phi) is 3.64. The van der Waals surface area contributed by atoms with Crippen LogP contribution in [0.2, 0.25) is 0 Å². The van der Waals surface area contributed by atoms with Gasteiger partial charge < -0.3 is 14.9 Å². The van der Waals surface area contributed by atoms with Gasteiger partial charge in [-0.05, 0) is 32.1 Å². The SMILES string of the molecule is CN1CCCN(C(=O)c2ccccc2O)CC1. The van der Waals surface area contributed by atoms with Gasteiger partial charge in [-0.2, -0.15) is 0 Å². The summed E-state index contributed by atoms with van der Waals surface area (Å²) in [5.74, 6) is -0.00602. The average molecular weight is 234 g/mol. The van der Waals surface area contributed by atoms with Crippen LogP contribution in [0, 0.1) is 0 Å². The van der Waals surface area contributed by atoms with Gasteiger partial charge >= 0.3 is 0 Å². The maximum atomic E-state index is 12.2. The van der Waals surface area contributed by atoms with E-state index >= 15 is 0 Å². The lowest BCUT2D eigenvalue weighted by Crippen LogP contribution is -2.34. The van der Waals surface area contributed by atoms with Gasteiger partial charge in [-0.1, -0.05) is 12.1 Å². The molecule has 2 rings (SSSR count). The van der Waals surface area contributed by atoms with E-state index in [1.165, 1.54) is 0 Å². The van der Waals surface area contributed by atoms with E-state index in [1.54, 1.807) is 24.3 Å². The molecule has 1 aromatic rings. The van der Waals surface area contributed by atoms with Gasteiger partial charge in [-0.3, -0.25) is 4.79 Å². The Balaban J connectivity index is 2.12. The molecule has 1 N–H and O–H groups in total. The van der Waals surface area contributed by atoms with Gasteiger partial charge in [0, 0.05) is 19.6 Å². The second-order valence-corrected chi connectivity index (χ2v) is 4.47. The van der Waals surface area contributed by atoms with E-state index in [0.29, 0.717) is 5.56 Å². The Bertz CT molecular complexity index is 406. The first-order valence-corrected chi connectivity index (χ1v) is 5.94. The van der Waals surface area contributed by atoms with Gasteiger partial charge in [0.05, 0.1) is 5.56 Å². The molecule has 1 amide bonds. The van der Waals surface area contributed by atoms with Crippen molar-refractivity contribution in [3.63, 3.8) is 0 Å². The van der Waals surface area contributed by atoms with Crippen molar-refractivity contribution >= 4 is 5.91 Å². The van der Waals surface area contributed by atoms with Crippen LogP contribution >= 0.6 is 0 Å². The standard InChI is InChI=1S/C13H18N2O2/c1-14-7-4-8-15(10-9-14)13(17)11-5-2-3-6-12(11)16/h2-3,5-6,16H,4,7-10H2,1H3. The molecule has 1 fully saturated rings. The number of amides is 1. The molecule has 0 bridgehead atoms. The third-order valence-electron chi connectivity index (χ3n) is 3.14. The summed E-state index contributed by atoms with van der Waals surface area (Å²) in [6, 6.07) is 6.72. The van der Waals surface area contributed by atoms with Crippen LogP contribution in [-0.4, -0.2) is 54.0 Å². The highest BCUT2D eigenvalue weighted by Gasteiger charge is 2.20. The number of likely N-dealkylation sites (N-methyl/N-ethyl adjacent to an activating group) is 1. The second-order valence-electron chi connectivity index (χ2n) is 4.47. The average Bonchev–Trinajstić information content (AvgIpc) is 2.54. The van der Waals surface area contributed by atoms with Crippen molar-refractivity contribution in [2.75, 3.05) is 33.2 Å². The Morgan fingerprint density at radius 2 is 1.94 bits per heavy atom. The van der Waals surface area contributed by atoms with Crippen LogP contribution in [0.5, 0.6) is 5.75 Å². The Labute approximate surface area is 101 Å². The van der Waals surface area contributed by atoms with Crippen molar-refractivity contribution in [3.8, 4) is 5.75 Å². The third-order valence-corrected chi connectivity index (χ3v) is 3.14. The van der Waals surface area contributed by atoms with E-state index < -0.39 is 0 Å². The molecule has 0 aromatic heterocycles. The number of hydrogen-bond acceptors (Lipinski definition) is 3. The molecule has 17 heavy (non-hydrogen) atoms. The lowest BCUT2D eigenvalue weighted by atomic mass is 10.1. The first-order valence-electron chi connectivity index (χ1n) is 5.94. The predicted molar refractivity (Wildman–Crippen MR) is 66.1 cm³/mol. The molecule has 4 heteroatoms. The number of rotatable bonds is 1. The van der Waals surface area contributed by atoms with E-state index in [-0.39, 0.29) is 11.7 Å². The highest BCUT2D eigenvalue weighted by molar-refractivity contribution is 5.96. The Morgan fingerprint density at radius 3 is 2.71 bits per heavy atom. The first-order chi connectivity index (χ1) is 8.18. The molecule has 0 unspecified atom stereocenters. The van der Waals surface area contributed by atoms with E-state index in [1.807, 2.05) is 4.90 Å². The molecule has 1 heterocycles. The van der Waals surface area contributed by atoms with Crippen molar-refractivity contribution in [2.45, 2.75) is 6.42 Å². The van der Waals surface area contributed by atoms with Crippen molar-refractivity contribution < 1.29 is 9.90 Å². The topological polar surface area (TPSA) is 43.8 Å². The van der Waals surface area contributed by atoms with Gasteiger partial charge in [0.15, 0.2) is 0 Å². The lowest BCUT2D eigenvalue weighted by Gasteiger charge is -2.20. The smallest absolute Gasteiger partial charge is 0.257 e. The van der Waals surface area contributed by atoms with Crippen molar-refractivity contribution in [1.29, 1.82) is 0 Å². The number of carbonyl (C=O) groups is 1. The summed E-state index contributed by atoms with van der Waals surface area (Å²) in [5.41, 5.74) is 0.400. The second kappa shape index (κ2) is 5.19. The Morgan fingerprint density at radius 1 is 1.18 bits per heavy atom. The zero-order chi connectivity index (χ0) is 12.3. The number of phenolic OH excluding ortho intramolecular Hbond substituents is 1. The van der Waals surface area contributed by atoms with Crippen LogP contribution in [0.25, 0.3) is 0 Å². The van der Waals surface area contributed by atoms with Gasteiger partial charge in [0.1, 0.15) is 5.75 Å². The van der Waals surface area contributed by atoms with E-state index in [2.05, 4.69) is 11.9 Å². The third kappa shape index (κ3) is 2.77. The van der Waals surface area contributed by atoms with Crippen molar-refractivity contribution in [2.24, 2.45) is 0 Å². The minimum Gasteiger partial charge on any atom is -0.507 e. The van der Waals surface area contributed by atoms with Crippen LogP contribution in [0.1, 0.15) is 16.8 Å². The number of aromatic hydroxyl groups is 1. The summed E-state index contributed by atoms with van der Waals surface area (Å²) in [6.45, 7) is 3.39. The number of hydrogen-bond donors (Lipinski definition) is 1. The Hall–Kier alpha value is -1.55. The zero-order valence-corrected chi connectivity index (χ0v) is 10.1. The number of benzene rings is 1. The lowest BCUT2D eigenvalue weighted by molar-refractivity contribution is 0.0760. The minimum absolute atomic E-state index is 0.0649. The quantitative estimate of drug-likeness (QED) is 0.793. The number of phenols is 1. The molecular formula is C13H18N2O2. The molecule has 4 nitrogen and oxygen atoms in total. The molecule has 1 aromatic carbocycles. The highest BCUT2D eigenvalue weighted by atomic mass is 16.3. The summed E-state index contributed by atoms with van der Waals surface area (Å²) in [7, 11) is 2.06. The highest BCUT2D eigenvalue weighted by Crippen LogP contribution is 2.18. The van der Waals surface area contributed by atoms with Crippen molar-refractivity contribution in [1.82, 2.24) is 9.80 Å². The van der Waals surface area contributed by atoms with Crippen LogP contribution in [0.15, 0.2) is 24.3 Å². The van der Waals surface area contributed by atoms with E-state index in [4.69, 9.17) is 0 Å². The van der Waals surface area contributed by atoms with Crippen LogP contribution in [-0.2, 0) is 0 Å². The molecule has 0 radical (unpaired) electrons. The molecule has 1 saturated heterocycles. The molecule has 0 aliphatic carbocycles. The fraction of sp³-hybridized carbons (Fsp3) is 0.462. The largest absolute Gasteiger partial charge is 0.507 e. The molecule has 1 aliphatic rings. The molecule has 1 aliphatic heterocycles. The predicted octanol–water partition coefficient (Wildman–Crippen LogP) is 1.17. The maximum absolute atomic E-state index is 12.2. The van der Waals surface area contributed by atoms with E-state index in [0.717, 1.165) is 32.6 Å². The number of carbonyl (C=O) groups excluding carboxylic acids is 1. The fourth-order valence-corrected chi connectivity index (χ4v) is 2.07. The van der Waals surface area contributed by atoms with Gasteiger partial charge in [-0.25, -0.2) is 0 Å². The summed E-state index contributed by atoms with van der Waals surface area (Å²) >= 11 is 0. The molecule has 0 spiro atoms. The first kappa shape index (κ1) is 11.9. The summed E-state index contributed by atoms with van der Waals surface area (Å²) in [6.07, 6.45) is 0.982. The summed E-state index contributed by atoms with van der Waals surface area (Å²) in [4.78, 5) is 16.3. The molecule has 0 atom stereocenters. The van der Waals surface area contributed by atoms with Crippen LogP contribution < -0.4 is 0 Å². The minimum atomic E-state index is -0.0709. The van der Waals surface area contributed by atoms with Crippen molar-refractivity contribution in [3.05, 3.63) is 29.8 Å². The molecule has 0 saturated carbocycles. The fourth-order valence-electron chi connectivity index (χ4n) is 2.07. The normalized spacial score (nSPS) is 17.8. The number of nitrogens with zero attached hydrogens (tertiary/aromatic N) is 2. The summed E-state index contributed by atoms with van der Waals surface area (Å²) in [5, 5.41) is 9.68. The van der Waals surface area contributed by atoms with Gasteiger partial charge in [0.25, 0.3) is 5.91 Å². The van der Waals surface area contributed by atoms with Crippen LogP contribution in [0.4, 0.5) is 0 Å². The number of para-hydroxylation sites is 1. The van der Waals surface area contributed by atoms with Crippen LogP contribution in [0.3, 0.4) is 0 Å². The summed E-state index contributed by atoms with van der Waals surface area (Å²) < 4.78 is 0.